The van der Waals surface area contributed by atoms with Crippen LogP contribution in [-0.2, 0) is 4.79 Å². The molecule has 16 heavy (non-hydrogen) atoms. The summed E-state index contributed by atoms with van der Waals surface area (Å²) in [7, 11) is 0. The van der Waals surface area contributed by atoms with E-state index in [9.17, 15) is 9.59 Å². The van der Waals surface area contributed by atoms with Crippen LogP contribution < -0.4 is 5.32 Å². The molecule has 0 spiro atoms. The molecule has 1 aliphatic rings. The Balaban J connectivity index is 2.41. The standard InChI is InChI=1S/C11H20N2O3/c1-3-6-13(7-9-4-5-9)11(16)12-8(2)10(14)15/h8-9H,3-7H2,1-2H3,(H,12,16)(H,14,15). The summed E-state index contributed by atoms with van der Waals surface area (Å²) in [4.78, 5) is 24.1. The van der Waals surface area contributed by atoms with E-state index in [0.717, 1.165) is 13.0 Å². The van der Waals surface area contributed by atoms with Crippen LogP contribution in [0.25, 0.3) is 0 Å². The minimum Gasteiger partial charge on any atom is -0.480 e. The van der Waals surface area contributed by atoms with Crippen LogP contribution in [0.1, 0.15) is 33.1 Å². The van der Waals surface area contributed by atoms with Gasteiger partial charge in [-0.1, -0.05) is 6.92 Å². The molecule has 1 rings (SSSR count). The number of amides is 2. The maximum atomic E-state index is 11.8. The topological polar surface area (TPSA) is 69.6 Å². The molecule has 0 bridgehead atoms. The van der Waals surface area contributed by atoms with Crippen LogP contribution >= 0.6 is 0 Å². The molecule has 1 saturated carbocycles. The SMILES string of the molecule is CCCN(CC1CC1)C(=O)NC(C)C(=O)O. The molecular formula is C11H20N2O3. The van der Waals surface area contributed by atoms with Gasteiger partial charge in [0, 0.05) is 13.1 Å². The van der Waals surface area contributed by atoms with Crippen molar-refractivity contribution in [3.05, 3.63) is 0 Å². The summed E-state index contributed by atoms with van der Waals surface area (Å²) < 4.78 is 0. The van der Waals surface area contributed by atoms with E-state index in [1.165, 1.54) is 19.8 Å². The predicted octanol–water partition coefficient (Wildman–Crippen LogP) is 1.29. The Morgan fingerprint density at radius 3 is 2.56 bits per heavy atom. The molecule has 1 unspecified atom stereocenters. The zero-order valence-electron chi connectivity index (χ0n) is 9.90. The number of carbonyl (C=O) groups is 2. The van der Waals surface area contributed by atoms with E-state index < -0.39 is 12.0 Å². The van der Waals surface area contributed by atoms with Crippen molar-refractivity contribution in [1.29, 1.82) is 0 Å². The van der Waals surface area contributed by atoms with Crippen LogP contribution in [0.2, 0.25) is 0 Å². The van der Waals surface area contributed by atoms with Crippen LogP contribution in [0.15, 0.2) is 0 Å². The second-order valence-electron chi connectivity index (χ2n) is 4.40. The number of nitrogens with zero attached hydrogens (tertiary/aromatic N) is 1. The number of rotatable bonds is 6. The van der Waals surface area contributed by atoms with E-state index in [1.807, 2.05) is 6.92 Å². The fourth-order valence-corrected chi connectivity index (χ4v) is 1.50. The van der Waals surface area contributed by atoms with Crippen molar-refractivity contribution in [2.45, 2.75) is 39.2 Å². The number of carbonyl (C=O) groups excluding carboxylic acids is 1. The highest BCUT2D eigenvalue weighted by Gasteiger charge is 2.27. The molecule has 0 radical (unpaired) electrons. The van der Waals surface area contributed by atoms with Gasteiger partial charge in [0.25, 0.3) is 0 Å². The third kappa shape index (κ3) is 4.08. The molecule has 0 aromatic carbocycles. The first kappa shape index (κ1) is 12.8. The third-order valence-electron chi connectivity index (χ3n) is 2.67. The maximum Gasteiger partial charge on any atom is 0.325 e. The van der Waals surface area contributed by atoms with Gasteiger partial charge in [-0.15, -0.1) is 0 Å². The van der Waals surface area contributed by atoms with E-state index >= 15 is 0 Å². The Morgan fingerprint density at radius 2 is 2.12 bits per heavy atom. The van der Waals surface area contributed by atoms with Crippen LogP contribution in [0.3, 0.4) is 0 Å². The van der Waals surface area contributed by atoms with Crippen molar-refractivity contribution in [2.75, 3.05) is 13.1 Å². The Morgan fingerprint density at radius 1 is 1.50 bits per heavy atom. The van der Waals surface area contributed by atoms with Crippen molar-refractivity contribution >= 4 is 12.0 Å². The lowest BCUT2D eigenvalue weighted by molar-refractivity contribution is -0.138. The average molecular weight is 228 g/mol. The van der Waals surface area contributed by atoms with Crippen LogP contribution in [0, 0.1) is 5.92 Å². The molecular weight excluding hydrogens is 208 g/mol. The molecule has 5 heteroatoms. The Kier molecular flexibility index (Phi) is 4.58. The largest absolute Gasteiger partial charge is 0.480 e. The Hall–Kier alpha value is -1.26. The lowest BCUT2D eigenvalue weighted by Crippen LogP contribution is -2.47. The summed E-state index contributed by atoms with van der Waals surface area (Å²) in [6, 6.07) is -1.09. The average Bonchev–Trinajstić information content (AvgIpc) is 3.00. The fourth-order valence-electron chi connectivity index (χ4n) is 1.50. The normalized spacial score (nSPS) is 16.6. The van der Waals surface area contributed by atoms with Gasteiger partial charge in [0.15, 0.2) is 0 Å². The number of aliphatic carboxylic acids is 1. The Labute approximate surface area is 95.8 Å². The van der Waals surface area contributed by atoms with Gasteiger partial charge in [0.2, 0.25) is 0 Å². The molecule has 1 fully saturated rings. The first-order valence-electron chi connectivity index (χ1n) is 5.82. The molecule has 1 aliphatic carbocycles. The maximum absolute atomic E-state index is 11.8. The van der Waals surface area contributed by atoms with E-state index in [1.54, 1.807) is 4.90 Å². The lowest BCUT2D eigenvalue weighted by Gasteiger charge is -2.23. The van der Waals surface area contributed by atoms with Crippen molar-refractivity contribution in [3.8, 4) is 0 Å². The van der Waals surface area contributed by atoms with Gasteiger partial charge in [-0.05, 0) is 32.1 Å². The van der Waals surface area contributed by atoms with E-state index in [2.05, 4.69) is 5.32 Å². The van der Waals surface area contributed by atoms with Gasteiger partial charge in [0.05, 0.1) is 0 Å². The van der Waals surface area contributed by atoms with Gasteiger partial charge in [-0.25, -0.2) is 4.79 Å². The quantitative estimate of drug-likeness (QED) is 0.719. The molecule has 0 aliphatic heterocycles. The monoisotopic (exact) mass is 228 g/mol. The number of hydrogen-bond acceptors (Lipinski definition) is 2. The fraction of sp³-hybridized carbons (Fsp3) is 0.818. The minimum absolute atomic E-state index is 0.261. The Bertz CT molecular complexity index is 264. The molecule has 1 atom stereocenters. The molecule has 0 aromatic heterocycles. The van der Waals surface area contributed by atoms with Gasteiger partial charge in [-0.3, -0.25) is 4.79 Å². The highest BCUT2D eigenvalue weighted by atomic mass is 16.4. The lowest BCUT2D eigenvalue weighted by atomic mass is 10.3. The van der Waals surface area contributed by atoms with Gasteiger partial charge >= 0.3 is 12.0 Å². The number of nitrogens with one attached hydrogen (secondary N) is 1. The van der Waals surface area contributed by atoms with Crippen molar-refractivity contribution in [2.24, 2.45) is 5.92 Å². The summed E-state index contributed by atoms with van der Waals surface area (Å²) in [5.74, 6) is -0.381. The highest BCUT2D eigenvalue weighted by Crippen LogP contribution is 2.29. The van der Waals surface area contributed by atoms with E-state index in [0.29, 0.717) is 12.5 Å². The number of hydrogen-bond donors (Lipinski definition) is 2. The molecule has 2 amide bonds. The summed E-state index contributed by atoms with van der Waals surface area (Å²) >= 11 is 0. The van der Waals surface area contributed by atoms with Crippen LogP contribution in [0.4, 0.5) is 4.79 Å². The second kappa shape index (κ2) is 5.72. The van der Waals surface area contributed by atoms with Gasteiger partial charge in [-0.2, -0.15) is 0 Å². The number of urea groups is 1. The zero-order valence-corrected chi connectivity index (χ0v) is 9.90. The summed E-state index contributed by atoms with van der Waals surface area (Å²) in [5.41, 5.74) is 0. The molecule has 0 aromatic rings. The highest BCUT2D eigenvalue weighted by molar-refractivity contribution is 5.82. The molecule has 0 saturated heterocycles. The van der Waals surface area contributed by atoms with Gasteiger partial charge in [0.1, 0.15) is 6.04 Å². The first-order chi connectivity index (χ1) is 7.54. The minimum atomic E-state index is -1.00. The second-order valence-corrected chi connectivity index (χ2v) is 4.40. The van der Waals surface area contributed by atoms with Crippen molar-refractivity contribution in [3.63, 3.8) is 0 Å². The zero-order chi connectivity index (χ0) is 12.1. The summed E-state index contributed by atoms with van der Waals surface area (Å²) in [6.07, 6.45) is 3.26. The molecule has 92 valence electrons. The van der Waals surface area contributed by atoms with E-state index in [-0.39, 0.29) is 6.03 Å². The predicted molar refractivity (Wildman–Crippen MR) is 60.2 cm³/mol. The molecule has 5 nitrogen and oxygen atoms in total. The summed E-state index contributed by atoms with van der Waals surface area (Å²) in [5, 5.41) is 11.2. The van der Waals surface area contributed by atoms with Crippen molar-refractivity contribution < 1.29 is 14.7 Å². The number of carboxylic acids is 1. The smallest absolute Gasteiger partial charge is 0.325 e. The van der Waals surface area contributed by atoms with E-state index in [4.69, 9.17) is 5.11 Å². The molecule has 0 heterocycles. The van der Waals surface area contributed by atoms with Crippen molar-refractivity contribution in [1.82, 2.24) is 10.2 Å². The first-order valence-corrected chi connectivity index (χ1v) is 5.82. The summed E-state index contributed by atoms with van der Waals surface area (Å²) in [6.45, 7) is 4.93. The van der Waals surface area contributed by atoms with Gasteiger partial charge < -0.3 is 15.3 Å². The number of carboxylic acid groups (broad SMARTS) is 1. The van der Waals surface area contributed by atoms with Crippen LogP contribution in [0.5, 0.6) is 0 Å². The molecule has 2 N–H and O–H groups in total. The third-order valence-corrected chi connectivity index (χ3v) is 2.67. The van der Waals surface area contributed by atoms with Crippen LogP contribution in [-0.4, -0.2) is 41.1 Å².